The van der Waals surface area contributed by atoms with Crippen molar-refractivity contribution in [2.75, 3.05) is 39.1 Å². The van der Waals surface area contributed by atoms with Crippen molar-refractivity contribution in [1.82, 2.24) is 4.90 Å². The lowest BCUT2D eigenvalue weighted by molar-refractivity contribution is -0.151. The molecule has 2 N–H and O–H groups in total. The van der Waals surface area contributed by atoms with Crippen LogP contribution in [0.15, 0.2) is 12.1 Å². The van der Waals surface area contributed by atoms with Crippen LogP contribution >= 0.6 is 11.6 Å². The Kier molecular flexibility index (Phi) is 7.29. The summed E-state index contributed by atoms with van der Waals surface area (Å²) in [5.41, 5.74) is 6.04. The number of ether oxygens (including phenoxy) is 3. The SMILES string of the molecule is CCOC(=O)C1CCN(C(=O)COC(=O)c2cc(Cl)c(N)cc2OC)CC1. The number of hydrogen-bond acceptors (Lipinski definition) is 7. The molecule has 2 rings (SSSR count). The molecule has 1 aliphatic rings. The molecule has 8 nitrogen and oxygen atoms in total. The van der Waals surface area contributed by atoms with Crippen LogP contribution in [0.3, 0.4) is 0 Å². The van der Waals surface area contributed by atoms with E-state index in [0.717, 1.165) is 0 Å². The van der Waals surface area contributed by atoms with Crippen LogP contribution in [0.4, 0.5) is 5.69 Å². The first kappa shape index (κ1) is 20.8. The zero-order valence-electron chi connectivity index (χ0n) is 15.3. The van der Waals surface area contributed by atoms with Gasteiger partial charge in [-0.1, -0.05) is 11.6 Å². The smallest absolute Gasteiger partial charge is 0.342 e. The number of nitrogen functional groups attached to an aromatic ring is 1. The van der Waals surface area contributed by atoms with Gasteiger partial charge in [0.05, 0.1) is 30.3 Å². The third kappa shape index (κ3) is 5.26. The van der Waals surface area contributed by atoms with Crippen LogP contribution in [0.2, 0.25) is 5.02 Å². The summed E-state index contributed by atoms with van der Waals surface area (Å²) in [6.07, 6.45) is 1.06. The highest BCUT2D eigenvalue weighted by atomic mass is 35.5. The number of hydrogen-bond donors (Lipinski definition) is 1. The van der Waals surface area contributed by atoms with Gasteiger partial charge in [-0.25, -0.2) is 4.79 Å². The molecule has 1 saturated heterocycles. The van der Waals surface area contributed by atoms with Gasteiger partial charge in [0.15, 0.2) is 6.61 Å². The summed E-state index contributed by atoms with van der Waals surface area (Å²) in [6.45, 7) is 2.52. The standard InChI is InChI=1S/C18H23ClN2O6/c1-3-26-17(23)11-4-6-21(7-5-11)16(22)10-27-18(24)12-8-13(19)14(20)9-15(12)25-2/h8-9,11H,3-7,10,20H2,1-2H3. The minimum absolute atomic E-state index is 0.0884. The fourth-order valence-electron chi connectivity index (χ4n) is 2.82. The molecule has 1 aromatic rings. The minimum atomic E-state index is -0.733. The highest BCUT2D eigenvalue weighted by molar-refractivity contribution is 6.33. The summed E-state index contributed by atoms with van der Waals surface area (Å²) in [5.74, 6) is -1.28. The van der Waals surface area contributed by atoms with Crippen LogP contribution < -0.4 is 10.5 Å². The number of esters is 2. The van der Waals surface area contributed by atoms with E-state index in [4.69, 9.17) is 31.5 Å². The Bertz CT molecular complexity index is 716. The molecular formula is C18H23ClN2O6. The lowest BCUT2D eigenvalue weighted by Gasteiger charge is -2.30. The van der Waals surface area contributed by atoms with Crippen LogP contribution in [0.1, 0.15) is 30.1 Å². The van der Waals surface area contributed by atoms with E-state index in [0.29, 0.717) is 32.5 Å². The second-order valence-corrected chi connectivity index (χ2v) is 6.46. The van der Waals surface area contributed by atoms with Gasteiger partial charge in [0.25, 0.3) is 5.91 Å². The third-order valence-corrected chi connectivity index (χ3v) is 4.66. The molecule has 0 unspecified atom stereocenters. The molecule has 0 spiro atoms. The summed E-state index contributed by atoms with van der Waals surface area (Å²) >= 11 is 5.93. The number of benzene rings is 1. The van der Waals surface area contributed by atoms with E-state index in [9.17, 15) is 14.4 Å². The predicted molar refractivity (Wildman–Crippen MR) is 98.6 cm³/mol. The number of piperidine rings is 1. The topological polar surface area (TPSA) is 108 Å². The molecule has 1 aliphatic heterocycles. The fourth-order valence-corrected chi connectivity index (χ4v) is 2.98. The molecule has 0 aromatic heterocycles. The summed E-state index contributed by atoms with van der Waals surface area (Å²) in [6, 6.07) is 2.76. The molecule has 1 fully saturated rings. The van der Waals surface area contributed by atoms with Crippen LogP contribution in [-0.4, -0.2) is 56.2 Å². The van der Waals surface area contributed by atoms with E-state index in [2.05, 4.69) is 0 Å². The number of amides is 1. The molecule has 9 heteroatoms. The molecule has 27 heavy (non-hydrogen) atoms. The van der Waals surface area contributed by atoms with Gasteiger partial charge in [-0.15, -0.1) is 0 Å². The van der Waals surface area contributed by atoms with Gasteiger partial charge in [0.2, 0.25) is 0 Å². The molecule has 0 saturated carbocycles. The van der Waals surface area contributed by atoms with Crippen molar-refractivity contribution in [3.63, 3.8) is 0 Å². The average Bonchev–Trinajstić information content (AvgIpc) is 2.67. The molecule has 0 radical (unpaired) electrons. The predicted octanol–water partition coefficient (Wildman–Crippen LogP) is 1.89. The second kappa shape index (κ2) is 9.45. The van der Waals surface area contributed by atoms with Crippen LogP contribution in [0.25, 0.3) is 0 Å². The fraction of sp³-hybridized carbons (Fsp3) is 0.500. The van der Waals surface area contributed by atoms with E-state index in [1.165, 1.54) is 19.2 Å². The van der Waals surface area contributed by atoms with Crippen molar-refractivity contribution in [2.45, 2.75) is 19.8 Å². The first-order chi connectivity index (χ1) is 12.9. The first-order valence-electron chi connectivity index (χ1n) is 8.61. The van der Waals surface area contributed by atoms with E-state index in [1.807, 2.05) is 0 Å². The number of carbonyl (C=O) groups excluding carboxylic acids is 3. The highest BCUT2D eigenvalue weighted by Crippen LogP contribution is 2.29. The number of methoxy groups -OCH3 is 1. The highest BCUT2D eigenvalue weighted by Gasteiger charge is 2.28. The van der Waals surface area contributed by atoms with Gasteiger partial charge in [-0.3, -0.25) is 9.59 Å². The van der Waals surface area contributed by atoms with Crippen LogP contribution in [-0.2, 0) is 19.1 Å². The van der Waals surface area contributed by atoms with Crippen molar-refractivity contribution in [2.24, 2.45) is 5.92 Å². The lowest BCUT2D eigenvalue weighted by Crippen LogP contribution is -2.42. The average molecular weight is 399 g/mol. The number of nitrogens with two attached hydrogens (primary N) is 1. The van der Waals surface area contributed by atoms with Gasteiger partial charge in [-0.05, 0) is 25.8 Å². The zero-order chi connectivity index (χ0) is 20.0. The van der Waals surface area contributed by atoms with Gasteiger partial charge in [0.1, 0.15) is 11.3 Å². The maximum atomic E-state index is 12.3. The number of rotatable bonds is 6. The second-order valence-electron chi connectivity index (χ2n) is 6.06. The van der Waals surface area contributed by atoms with Crippen molar-refractivity contribution in [3.8, 4) is 5.75 Å². The lowest BCUT2D eigenvalue weighted by atomic mass is 9.97. The molecule has 1 amide bonds. The monoisotopic (exact) mass is 398 g/mol. The Morgan fingerprint density at radius 3 is 2.48 bits per heavy atom. The van der Waals surface area contributed by atoms with Crippen molar-refractivity contribution in [3.05, 3.63) is 22.7 Å². The Hall–Kier alpha value is -2.48. The third-order valence-electron chi connectivity index (χ3n) is 4.33. The Morgan fingerprint density at radius 1 is 1.22 bits per heavy atom. The summed E-state index contributed by atoms with van der Waals surface area (Å²) in [5, 5.41) is 0.190. The molecule has 148 valence electrons. The first-order valence-corrected chi connectivity index (χ1v) is 8.99. The van der Waals surface area contributed by atoms with Gasteiger partial charge < -0.3 is 24.8 Å². The van der Waals surface area contributed by atoms with Crippen molar-refractivity contribution >= 4 is 35.1 Å². The normalized spacial score (nSPS) is 14.6. The van der Waals surface area contributed by atoms with E-state index < -0.39 is 12.6 Å². The molecule has 0 bridgehead atoms. The Morgan fingerprint density at radius 2 is 1.89 bits per heavy atom. The largest absolute Gasteiger partial charge is 0.496 e. The maximum Gasteiger partial charge on any atom is 0.342 e. The van der Waals surface area contributed by atoms with Crippen molar-refractivity contribution < 1.29 is 28.6 Å². The molecule has 0 aliphatic carbocycles. The van der Waals surface area contributed by atoms with E-state index >= 15 is 0 Å². The number of carbonyl (C=O) groups is 3. The van der Waals surface area contributed by atoms with Crippen LogP contribution in [0.5, 0.6) is 5.75 Å². The van der Waals surface area contributed by atoms with Crippen molar-refractivity contribution in [1.29, 1.82) is 0 Å². The quantitative estimate of drug-likeness (QED) is 0.575. The summed E-state index contributed by atoms with van der Waals surface area (Å²) in [7, 11) is 1.39. The maximum absolute atomic E-state index is 12.3. The number of anilines is 1. The number of halogens is 1. The minimum Gasteiger partial charge on any atom is -0.496 e. The van der Waals surface area contributed by atoms with Crippen LogP contribution in [0, 0.1) is 5.92 Å². The molecule has 1 heterocycles. The summed E-state index contributed by atoms with van der Waals surface area (Å²) < 4.78 is 15.2. The van der Waals surface area contributed by atoms with E-state index in [1.54, 1.807) is 11.8 Å². The van der Waals surface area contributed by atoms with E-state index in [-0.39, 0.29) is 39.8 Å². The van der Waals surface area contributed by atoms with Gasteiger partial charge >= 0.3 is 11.9 Å². The number of nitrogens with zero attached hydrogens (tertiary/aromatic N) is 1. The van der Waals surface area contributed by atoms with Gasteiger partial charge in [0, 0.05) is 19.2 Å². The molecule has 1 aromatic carbocycles. The Balaban J connectivity index is 1.88. The van der Waals surface area contributed by atoms with Gasteiger partial charge in [-0.2, -0.15) is 0 Å². The molecule has 0 atom stereocenters. The zero-order valence-corrected chi connectivity index (χ0v) is 16.1. The number of likely N-dealkylation sites (tertiary alicyclic amines) is 1. The Labute approximate surface area is 162 Å². The summed E-state index contributed by atoms with van der Waals surface area (Å²) in [4.78, 5) is 37.8. The molecular weight excluding hydrogens is 376 g/mol.